The largest absolute Gasteiger partial charge is 0.467 e. The van der Waals surface area contributed by atoms with Crippen LogP contribution in [0.1, 0.15) is 6.92 Å². The van der Waals surface area contributed by atoms with Crippen LogP contribution in [0.15, 0.2) is 0 Å². The second kappa shape index (κ2) is 3.54. The van der Waals surface area contributed by atoms with Crippen molar-refractivity contribution in [3.8, 4) is 0 Å². The summed E-state index contributed by atoms with van der Waals surface area (Å²) in [7, 11) is 1.25. The van der Waals surface area contributed by atoms with E-state index in [-0.39, 0.29) is 6.03 Å². The highest BCUT2D eigenvalue weighted by molar-refractivity contribution is 5.88. The summed E-state index contributed by atoms with van der Waals surface area (Å²) in [6, 6.07) is -1.54. The molecule has 16 heavy (non-hydrogen) atoms. The van der Waals surface area contributed by atoms with Gasteiger partial charge in [-0.05, 0) is 6.92 Å². The van der Waals surface area contributed by atoms with E-state index in [1.165, 1.54) is 18.9 Å². The van der Waals surface area contributed by atoms with E-state index in [0.717, 1.165) is 0 Å². The minimum atomic E-state index is -0.750. The van der Waals surface area contributed by atoms with E-state index < -0.39 is 30.4 Å². The minimum Gasteiger partial charge on any atom is -0.467 e. The standard InChI is InChI=1S/C8H12N4O4/c1-3(6(13)16-2)12-5-4(10-8(12)15)9-7(14)11-5/h3-5H,1-2H3,(H,10,15)(H2,9,11,14)/t3-,4-,5+/m0/s1. The van der Waals surface area contributed by atoms with Crippen LogP contribution in [0.2, 0.25) is 0 Å². The number of carbonyl (C=O) groups is 3. The van der Waals surface area contributed by atoms with E-state index in [4.69, 9.17) is 0 Å². The lowest BCUT2D eigenvalue weighted by atomic mass is 10.2. The fourth-order valence-electron chi connectivity index (χ4n) is 1.86. The lowest BCUT2D eigenvalue weighted by molar-refractivity contribution is -0.145. The van der Waals surface area contributed by atoms with Gasteiger partial charge in [-0.2, -0.15) is 0 Å². The zero-order chi connectivity index (χ0) is 11.9. The van der Waals surface area contributed by atoms with Gasteiger partial charge < -0.3 is 20.7 Å². The average molecular weight is 228 g/mol. The molecule has 0 unspecified atom stereocenters. The van der Waals surface area contributed by atoms with Crippen molar-refractivity contribution in [3.05, 3.63) is 0 Å². The highest BCUT2D eigenvalue weighted by Crippen LogP contribution is 2.17. The monoisotopic (exact) mass is 228 g/mol. The van der Waals surface area contributed by atoms with Crippen molar-refractivity contribution >= 4 is 18.0 Å². The minimum absolute atomic E-state index is 0.378. The molecule has 2 aliphatic rings. The zero-order valence-corrected chi connectivity index (χ0v) is 8.81. The van der Waals surface area contributed by atoms with Crippen LogP contribution < -0.4 is 16.0 Å². The Balaban J connectivity index is 2.17. The fourth-order valence-corrected chi connectivity index (χ4v) is 1.86. The van der Waals surface area contributed by atoms with Crippen molar-refractivity contribution in [3.63, 3.8) is 0 Å². The molecule has 88 valence electrons. The molecule has 2 heterocycles. The molecule has 0 aromatic rings. The van der Waals surface area contributed by atoms with Crippen molar-refractivity contribution in [2.45, 2.75) is 25.3 Å². The summed E-state index contributed by atoms with van der Waals surface area (Å²) in [5.74, 6) is -0.531. The van der Waals surface area contributed by atoms with Crippen LogP contribution >= 0.6 is 0 Å². The summed E-state index contributed by atoms with van der Waals surface area (Å²) in [5, 5.41) is 7.59. The molecule has 0 bridgehead atoms. The van der Waals surface area contributed by atoms with Gasteiger partial charge in [-0.15, -0.1) is 0 Å². The van der Waals surface area contributed by atoms with Crippen molar-refractivity contribution in [2.75, 3.05) is 7.11 Å². The van der Waals surface area contributed by atoms with Gasteiger partial charge in [0.15, 0.2) is 0 Å². The molecule has 0 radical (unpaired) electrons. The Morgan fingerprint density at radius 2 is 2.06 bits per heavy atom. The van der Waals surface area contributed by atoms with Gasteiger partial charge >= 0.3 is 18.0 Å². The number of nitrogens with one attached hydrogen (secondary N) is 3. The van der Waals surface area contributed by atoms with Gasteiger partial charge in [0.05, 0.1) is 7.11 Å². The first-order valence-electron chi connectivity index (χ1n) is 4.78. The maximum atomic E-state index is 11.6. The molecule has 0 aromatic carbocycles. The predicted octanol–water partition coefficient (Wildman–Crippen LogP) is -1.46. The first-order chi connectivity index (χ1) is 7.54. The van der Waals surface area contributed by atoms with Gasteiger partial charge in [0.2, 0.25) is 0 Å². The second-order valence-corrected chi connectivity index (χ2v) is 3.60. The smallest absolute Gasteiger partial charge is 0.328 e. The van der Waals surface area contributed by atoms with Crippen molar-refractivity contribution in [1.82, 2.24) is 20.9 Å². The Hall–Kier alpha value is -1.99. The van der Waals surface area contributed by atoms with Crippen molar-refractivity contribution in [1.29, 1.82) is 0 Å². The van der Waals surface area contributed by atoms with E-state index in [1.54, 1.807) is 0 Å². The van der Waals surface area contributed by atoms with Crippen LogP contribution in [0.5, 0.6) is 0 Å². The molecule has 3 N–H and O–H groups in total. The number of hydrogen-bond donors (Lipinski definition) is 3. The lowest BCUT2D eigenvalue weighted by Gasteiger charge is -2.25. The molecule has 3 atom stereocenters. The SMILES string of the molecule is COC(=O)[C@H](C)N1C(=O)N[C@@H]2NC(=O)N[C@@H]21. The lowest BCUT2D eigenvalue weighted by Crippen LogP contribution is -2.51. The van der Waals surface area contributed by atoms with Crippen LogP contribution in [0.4, 0.5) is 9.59 Å². The summed E-state index contributed by atoms with van der Waals surface area (Å²) in [6.45, 7) is 1.54. The molecule has 8 heteroatoms. The molecule has 2 fully saturated rings. The molecule has 0 spiro atoms. The molecule has 2 rings (SSSR count). The van der Waals surface area contributed by atoms with Gasteiger partial charge in [0.1, 0.15) is 18.4 Å². The Morgan fingerprint density at radius 3 is 2.69 bits per heavy atom. The topological polar surface area (TPSA) is 99.8 Å². The number of urea groups is 2. The van der Waals surface area contributed by atoms with Crippen LogP contribution in [0.25, 0.3) is 0 Å². The molecule has 2 saturated heterocycles. The Labute approximate surface area is 91.3 Å². The fraction of sp³-hybridized carbons (Fsp3) is 0.625. The maximum absolute atomic E-state index is 11.6. The first kappa shape index (κ1) is 10.5. The molecular weight excluding hydrogens is 216 g/mol. The summed E-state index contributed by atoms with van der Waals surface area (Å²) in [4.78, 5) is 35.2. The molecule has 8 nitrogen and oxygen atoms in total. The number of rotatable bonds is 2. The summed E-state index contributed by atoms with van der Waals surface area (Å²) in [5.41, 5.74) is 0. The normalized spacial score (nSPS) is 29.0. The van der Waals surface area contributed by atoms with Crippen molar-refractivity contribution in [2.24, 2.45) is 0 Å². The second-order valence-electron chi connectivity index (χ2n) is 3.60. The van der Waals surface area contributed by atoms with Crippen LogP contribution in [0, 0.1) is 0 Å². The highest BCUT2D eigenvalue weighted by atomic mass is 16.5. The molecule has 2 aliphatic heterocycles. The predicted molar refractivity (Wildman–Crippen MR) is 51.1 cm³/mol. The van der Waals surface area contributed by atoms with E-state index >= 15 is 0 Å². The number of amides is 4. The number of fused-ring (bicyclic) bond motifs is 1. The molecule has 4 amide bonds. The number of esters is 1. The third kappa shape index (κ3) is 1.42. The van der Waals surface area contributed by atoms with Gasteiger partial charge in [-0.25, -0.2) is 14.4 Å². The highest BCUT2D eigenvalue weighted by Gasteiger charge is 2.48. The van der Waals surface area contributed by atoms with Gasteiger partial charge in [0, 0.05) is 0 Å². The number of methoxy groups -OCH3 is 1. The number of ether oxygens (including phenoxy) is 1. The number of nitrogens with zero attached hydrogens (tertiary/aromatic N) is 1. The summed E-state index contributed by atoms with van der Waals surface area (Å²) < 4.78 is 4.55. The van der Waals surface area contributed by atoms with Crippen molar-refractivity contribution < 1.29 is 19.1 Å². The summed E-state index contributed by atoms with van der Waals surface area (Å²) >= 11 is 0. The van der Waals surface area contributed by atoms with E-state index in [1.807, 2.05) is 0 Å². The third-order valence-electron chi connectivity index (χ3n) is 2.65. The van der Waals surface area contributed by atoms with E-state index in [0.29, 0.717) is 0 Å². The maximum Gasteiger partial charge on any atom is 0.328 e. The summed E-state index contributed by atoms with van der Waals surface area (Å²) in [6.07, 6.45) is -1.07. The third-order valence-corrected chi connectivity index (χ3v) is 2.65. The van der Waals surface area contributed by atoms with Crippen LogP contribution in [0.3, 0.4) is 0 Å². The Morgan fingerprint density at radius 1 is 1.38 bits per heavy atom. The average Bonchev–Trinajstić information content (AvgIpc) is 2.70. The van der Waals surface area contributed by atoms with Gasteiger partial charge in [-0.1, -0.05) is 0 Å². The molecular formula is C8H12N4O4. The number of carbonyl (C=O) groups excluding carboxylic acids is 3. The zero-order valence-electron chi connectivity index (χ0n) is 8.81. The Bertz CT molecular complexity index is 358. The first-order valence-corrected chi connectivity index (χ1v) is 4.78. The molecule has 0 saturated carbocycles. The van der Waals surface area contributed by atoms with Gasteiger partial charge in [0.25, 0.3) is 0 Å². The van der Waals surface area contributed by atoms with Crippen LogP contribution in [-0.4, -0.2) is 48.4 Å². The van der Waals surface area contributed by atoms with E-state index in [2.05, 4.69) is 20.7 Å². The van der Waals surface area contributed by atoms with Gasteiger partial charge in [-0.3, -0.25) is 4.90 Å². The Kier molecular flexibility index (Phi) is 2.33. The number of hydrogen-bond acceptors (Lipinski definition) is 4. The molecule has 0 aromatic heterocycles. The molecule has 0 aliphatic carbocycles. The quantitative estimate of drug-likeness (QED) is 0.503. The van der Waals surface area contributed by atoms with Crippen LogP contribution in [-0.2, 0) is 9.53 Å². The van der Waals surface area contributed by atoms with E-state index in [9.17, 15) is 14.4 Å².